The molecule has 0 saturated carbocycles. The molecule has 0 spiro atoms. The van der Waals surface area contributed by atoms with Crippen LogP contribution >= 0.6 is 0 Å². The molecule has 0 aromatic heterocycles. The second-order valence-electron chi connectivity index (χ2n) is 4.64. The van der Waals surface area contributed by atoms with E-state index in [1.807, 2.05) is 0 Å². The minimum absolute atomic E-state index is 0.104. The van der Waals surface area contributed by atoms with Crippen LogP contribution in [0.1, 0.15) is 16.8 Å². The molecule has 0 heterocycles. The fraction of sp³-hybridized carbons (Fsp3) is 0.467. The molecular weight excluding hydrogens is 289 g/mol. The van der Waals surface area contributed by atoms with Gasteiger partial charge in [-0.25, -0.2) is 4.39 Å². The highest BCUT2D eigenvalue weighted by Gasteiger charge is 2.05. The topological polar surface area (TPSA) is 79.5 Å². The maximum atomic E-state index is 13.0. The fourth-order valence-electron chi connectivity index (χ4n) is 1.69. The van der Waals surface area contributed by atoms with Crippen LogP contribution in [-0.4, -0.2) is 51.7 Å². The van der Waals surface area contributed by atoms with Gasteiger partial charge in [-0.2, -0.15) is 0 Å². The van der Waals surface area contributed by atoms with E-state index in [2.05, 4.69) is 16.0 Å². The largest absolute Gasteiger partial charge is 0.383 e. The Morgan fingerprint density at radius 1 is 1.18 bits per heavy atom. The van der Waals surface area contributed by atoms with Gasteiger partial charge < -0.3 is 20.7 Å². The number of rotatable bonds is 10. The summed E-state index contributed by atoms with van der Waals surface area (Å²) in [4.78, 5) is 23.1. The van der Waals surface area contributed by atoms with Crippen LogP contribution in [0.5, 0.6) is 0 Å². The smallest absolute Gasteiger partial charge is 0.251 e. The van der Waals surface area contributed by atoms with E-state index in [-0.39, 0.29) is 23.9 Å². The average molecular weight is 311 g/mol. The van der Waals surface area contributed by atoms with Crippen molar-refractivity contribution in [3.05, 3.63) is 35.6 Å². The van der Waals surface area contributed by atoms with Gasteiger partial charge in [0.2, 0.25) is 5.91 Å². The van der Waals surface area contributed by atoms with Crippen molar-refractivity contribution < 1.29 is 18.7 Å². The van der Waals surface area contributed by atoms with Crippen molar-refractivity contribution in [3.63, 3.8) is 0 Å². The Bertz CT molecular complexity index is 483. The number of carbonyl (C=O) groups is 2. The van der Waals surface area contributed by atoms with E-state index in [1.165, 1.54) is 18.2 Å². The molecule has 1 aromatic carbocycles. The summed E-state index contributed by atoms with van der Waals surface area (Å²) in [5.74, 6) is -0.875. The first-order valence-corrected chi connectivity index (χ1v) is 7.13. The van der Waals surface area contributed by atoms with Gasteiger partial charge in [-0.1, -0.05) is 6.07 Å². The molecule has 0 aliphatic heterocycles. The Hall–Kier alpha value is -1.99. The van der Waals surface area contributed by atoms with Crippen molar-refractivity contribution in [2.45, 2.75) is 6.42 Å². The number of carbonyl (C=O) groups excluding carboxylic acids is 2. The molecule has 0 unspecified atom stereocenters. The summed E-state index contributed by atoms with van der Waals surface area (Å²) in [5, 5.41) is 8.33. The number of hydrogen-bond donors (Lipinski definition) is 3. The Kier molecular flexibility index (Phi) is 8.78. The van der Waals surface area contributed by atoms with Crippen LogP contribution in [0, 0.1) is 5.82 Å². The number of benzene rings is 1. The maximum absolute atomic E-state index is 13.0. The van der Waals surface area contributed by atoms with Gasteiger partial charge in [0.15, 0.2) is 0 Å². The van der Waals surface area contributed by atoms with Crippen LogP contribution in [-0.2, 0) is 9.53 Å². The van der Waals surface area contributed by atoms with Gasteiger partial charge in [0.1, 0.15) is 5.82 Å². The van der Waals surface area contributed by atoms with Crippen molar-refractivity contribution in [3.8, 4) is 0 Å². The van der Waals surface area contributed by atoms with E-state index in [4.69, 9.17) is 4.74 Å². The second kappa shape index (κ2) is 10.7. The van der Waals surface area contributed by atoms with E-state index >= 15 is 0 Å². The van der Waals surface area contributed by atoms with Crippen molar-refractivity contribution in [2.24, 2.45) is 0 Å². The minimum Gasteiger partial charge on any atom is -0.383 e. The minimum atomic E-state index is -0.444. The first-order chi connectivity index (χ1) is 10.6. The quantitative estimate of drug-likeness (QED) is 0.543. The first kappa shape index (κ1) is 18.1. The van der Waals surface area contributed by atoms with E-state index in [9.17, 15) is 14.0 Å². The predicted octanol–water partition coefficient (Wildman–Crippen LogP) is 0.298. The third-order valence-corrected chi connectivity index (χ3v) is 2.82. The molecule has 6 nitrogen and oxygen atoms in total. The number of hydrogen-bond acceptors (Lipinski definition) is 4. The van der Waals surface area contributed by atoms with Crippen molar-refractivity contribution in [1.29, 1.82) is 0 Å². The zero-order valence-electron chi connectivity index (χ0n) is 12.7. The normalized spacial score (nSPS) is 10.3. The standard InChI is InChI=1S/C15H22FN3O3/c1-22-9-8-17-11-14(20)18-6-3-7-19-15(21)12-4-2-5-13(16)10-12/h2,4-5,10,17H,3,6-9,11H2,1H3,(H,18,20)(H,19,21). The molecule has 0 aliphatic rings. The molecule has 2 amide bonds. The van der Waals surface area contributed by atoms with E-state index in [1.54, 1.807) is 13.2 Å². The molecule has 3 N–H and O–H groups in total. The van der Waals surface area contributed by atoms with Gasteiger partial charge in [-0.15, -0.1) is 0 Å². The monoisotopic (exact) mass is 311 g/mol. The summed E-state index contributed by atoms with van der Waals surface area (Å²) in [6, 6.07) is 5.50. The van der Waals surface area contributed by atoms with Gasteiger partial charge in [-0.3, -0.25) is 9.59 Å². The van der Waals surface area contributed by atoms with Crippen molar-refractivity contribution in [1.82, 2.24) is 16.0 Å². The van der Waals surface area contributed by atoms with E-state index < -0.39 is 5.82 Å². The summed E-state index contributed by atoms with van der Waals surface area (Å²) in [7, 11) is 1.60. The molecule has 0 fully saturated rings. The van der Waals surface area contributed by atoms with Crippen molar-refractivity contribution in [2.75, 3.05) is 39.9 Å². The van der Waals surface area contributed by atoms with E-state index in [0.29, 0.717) is 32.7 Å². The summed E-state index contributed by atoms with van der Waals surface area (Å²) < 4.78 is 17.8. The highest BCUT2D eigenvalue weighted by atomic mass is 19.1. The van der Waals surface area contributed by atoms with Crippen LogP contribution in [0.15, 0.2) is 24.3 Å². The van der Waals surface area contributed by atoms with Gasteiger partial charge in [0.25, 0.3) is 5.91 Å². The van der Waals surface area contributed by atoms with Gasteiger partial charge in [0.05, 0.1) is 13.2 Å². The molecule has 1 rings (SSSR count). The van der Waals surface area contributed by atoms with Crippen LogP contribution < -0.4 is 16.0 Å². The van der Waals surface area contributed by atoms with Crippen LogP contribution in [0.25, 0.3) is 0 Å². The van der Waals surface area contributed by atoms with Crippen LogP contribution in [0.4, 0.5) is 4.39 Å². The Morgan fingerprint density at radius 3 is 2.68 bits per heavy atom. The predicted molar refractivity (Wildman–Crippen MR) is 81.1 cm³/mol. The van der Waals surface area contributed by atoms with Crippen LogP contribution in [0.2, 0.25) is 0 Å². The summed E-state index contributed by atoms with van der Waals surface area (Å²) >= 11 is 0. The number of halogens is 1. The molecule has 0 saturated heterocycles. The Labute approximate surface area is 129 Å². The lowest BCUT2D eigenvalue weighted by Crippen LogP contribution is -2.36. The molecule has 7 heteroatoms. The maximum Gasteiger partial charge on any atom is 0.251 e. The lowest BCUT2D eigenvalue weighted by molar-refractivity contribution is -0.120. The summed E-state index contributed by atoms with van der Waals surface area (Å²) in [6.07, 6.45) is 0.602. The Morgan fingerprint density at radius 2 is 1.95 bits per heavy atom. The highest BCUT2D eigenvalue weighted by Crippen LogP contribution is 2.02. The van der Waals surface area contributed by atoms with Crippen molar-refractivity contribution >= 4 is 11.8 Å². The van der Waals surface area contributed by atoms with Gasteiger partial charge in [0, 0.05) is 32.3 Å². The number of methoxy groups -OCH3 is 1. The first-order valence-electron chi connectivity index (χ1n) is 7.13. The third-order valence-electron chi connectivity index (χ3n) is 2.82. The van der Waals surface area contributed by atoms with Gasteiger partial charge in [-0.05, 0) is 24.6 Å². The molecular formula is C15H22FN3O3. The summed E-state index contributed by atoms with van der Waals surface area (Å²) in [5.41, 5.74) is 0.284. The number of nitrogens with one attached hydrogen (secondary N) is 3. The third kappa shape index (κ3) is 7.70. The fourth-order valence-corrected chi connectivity index (χ4v) is 1.69. The molecule has 1 aromatic rings. The molecule has 122 valence electrons. The lowest BCUT2D eigenvalue weighted by Gasteiger charge is -2.07. The highest BCUT2D eigenvalue weighted by molar-refractivity contribution is 5.94. The van der Waals surface area contributed by atoms with E-state index in [0.717, 1.165) is 0 Å². The zero-order chi connectivity index (χ0) is 16.2. The molecule has 0 radical (unpaired) electrons. The summed E-state index contributed by atoms with van der Waals surface area (Å²) in [6.45, 7) is 2.28. The molecule has 0 aliphatic carbocycles. The Balaban J connectivity index is 2.07. The zero-order valence-corrected chi connectivity index (χ0v) is 12.7. The number of amides is 2. The lowest BCUT2D eigenvalue weighted by atomic mass is 10.2. The molecule has 22 heavy (non-hydrogen) atoms. The average Bonchev–Trinajstić information content (AvgIpc) is 2.51. The number of ether oxygens (including phenoxy) is 1. The van der Waals surface area contributed by atoms with Gasteiger partial charge >= 0.3 is 0 Å². The second-order valence-corrected chi connectivity index (χ2v) is 4.64. The van der Waals surface area contributed by atoms with Crippen LogP contribution in [0.3, 0.4) is 0 Å². The molecule has 0 atom stereocenters. The molecule has 0 bridgehead atoms. The SMILES string of the molecule is COCCNCC(=O)NCCCNC(=O)c1cccc(F)c1.